The van der Waals surface area contributed by atoms with Crippen LogP contribution in [0.2, 0.25) is 10.0 Å². The van der Waals surface area contributed by atoms with Crippen LogP contribution in [-0.2, 0) is 24.3 Å². The molecule has 0 radical (unpaired) electrons. The van der Waals surface area contributed by atoms with Gasteiger partial charge in [0.15, 0.2) is 6.61 Å². The van der Waals surface area contributed by atoms with E-state index < -0.39 is 34.5 Å². The molecule has 7 nitrogen and oxygen atoms in total. The van der Waals surface area contributed by atoms with Gasteiger partial charge in [-0.1, -0.05) is 29.3 Å². The van der Waals surface area contributed by atoms with E-state index >= 15 is 0 Å². The second-order valence-electron chi connectivity index (χ2n) is 5.94. The molecule has 2 rings (SSSR count). The first-order chi connectivity index (χ1) is 13.1. The molecule has 2 aromatic carbocycles. The van der Waals surface area contributed by atoms with Gasteiger partial charge in [0.05, 0.1) is 15.6 Å². The minimum atomic E-state index is -3.95. The molecule has 0 saturated heterocycles. The molecule has 1 unspecified atom stereocenters. The summed E-state index contributed by atoms with van der Waals surface area (Å²) in [5.41, 5.74) is 1.31. The summed E-state index contributed by atoms with van der Waals surface area (Å²) in [6, 6.07) is 9.32. The van der Waals surface area contributed by atoms with Gasteiger partial charge < -0.3 is 10.1 Å². The van der Waals surface area contributed by atoms with E-state index in [1.807, 2.05) is 6.92 Å². The molecule has 0 heterocycles. The summed E-state index contributed by atoms with van der Waals surface area (Å²) in [7, 11) is -3.95. The van der Waals surface area contributed by atoms with Gasteiger partial charge in [0, 0.05) is 5.02 Å². The Hall–Kier alpha value is -2.13. The fourth-order valence-corrected chi connectivity index (χ4v) is 3.73. The van der Waals surface area contributed by atoms with Crippen molar-refractivity contribution in [2.45, 2.75) is 24.8 Å². The zero-order valence-corrected chi connectivity index (χ0v) is 17.4. The van der Waals surface area contributed by atoms with Crippen molar-refractivity contribution in [2.75, 3.05) is 11.9 Å². The number of sulfonamides is 1. The minimum Gasteiger partial charge on any atom is -0.454 e. The number of ether oxygens (including phenoxy) is 1. The van der Waals surface area contributed by atoms with E-state index in [2.05, 4.69) is 10.0 Å². The van der Waals surface area contributed by atoms with Crippen LogP contribution in [-0.4, -0.2) is 32.9 Å². The van der Waals surface area contributed by atoms with E-state index in [-0.39, 0.29) is 4.90 Å². The van der Waals surface area contributed by atoms with Crippen LogP contribution in [0.15, 0.2) is 47.4 Å². The third-order valence-electron chi connectivity index (χ3n) is 3.55. The number of rotatable bonds is 7. The van der Waals surface area contributed by atoms with Crippen LogP contribution in [0.4, 0.5) is 5.69 Å². The second kappa shape index (κ2) is 9.38. The van der Waals surface area contributed by atoms with Gasteiger partial charge in [-0.2, -0.15) is 4.72 Å². The summed E-state index contributed by atoms with van der Waals surface area (Å²) in [5.74, 6) is -1.51. The summed E-state index contributed by atoms with van der Waals surface area (Å²) >= 11 is 11.7. The molecule has 2 N–H and O–H groups in total. The third-order valence-corrected chi connectivity index (χ3v) is 5.67. The molecule has 0 aliphatic carbocycles. The standard InChI is InChI=1S/C18H18Cl2N2O5S/c1-11-3-8-16(15(20)9-11)21-17(23)10-27-18(24)12(2)22-28(25,26)14-6-4-13(19)5-7-14/h3-9,12,22H,10H2,1-2H3,(H,21,23). The number of carbonyl (C=O) groups excluding carboxylic acids is 2. The lowest BCUT2D eigenvalue weighted by Gasteiger charge is -2.14. The van der Waals surface area contributed by atoms with E-state index in [1.54, 1.807) is 18.2 Å². The lowest BCUT2D eigenvalue weighted by atomic mass is 10.2. The van der Waals surface area contributed by atoms with Crippen LogP contribution in [0, 0.1) is 6.92 Å². The van der Waals surface area contributed by atoms with E-state index in [0.29, 0.717) is 15.7 Å². The Morgan fingerprint density at radius 1 is 1.11 bits per heavy atom. The molecule has 150 valence electrons. The summed E-state index contributed by atoms with van der Waals surface area (Å²) in [6.45, 7) is 2.58. The molecular formula is C18H18Cl2N2O5S. The number of anilines is 1. The number of halogens is 2. The number of amides is 1. The predicted octanol–water partition coefficient (Wildman–Crippen LogP) is 3.15. The Morgan fingerprint density at radius 2 is 1.75 bits per heavy atom. The van der Waals surface area contributed by atoms with Crippen LogP contribution in [0.1, 0.15) is 12.5 Å². The number of benzene rings is 2. The van der Waals surface area contributed by atoms with Crippen molar-refractivity contribution in [3.8, 4) is 0 Å². The molecule has 0 aliphatic heterocycles. The number of aryl methyl sites for hydroxylation is 1. The smallest absolute Gasteiger partial charge is 0.324 e. The molecule has 0 fully saturated rings. The van der Waals surface area contributed by atoms with Crippen LogP contribution in [0.25, 0.3) is 0 Å². The maximum Gasteiger partial charge on any atom is 0.324 e. The van der Waals surface area contributed by atoms with Crippen LogP contribution in [0.3, 0.4) is 0 Å². The summed E-state index contributed by atoms with van der Waals surface area (Å²) in [6.07, 6.45) is 0. The molecule has 0 saturated carbocycles. The highest BCUT2D eigenvalue weighted by Gasteiger charge is 2.23. The highest BCUT2D eigenvalue weighted by Crippen LogP contribution is 2.22. The molecule has 1 amide bonds. The Labute approximate surface area is 173 Å². The topological polar surface area (TPSA) is 102 Å². The summed E-state index contributed by atoms with van der Waals surface area (Å²) in [5, 5.41) is 3.24. The molecule has 10 heteroatoms. The van der Waals surface area contributed by atoms with Gasteiger partial charge in [-0.3, -0.25) is 9.59 Å². The maximum atomic E-state index is 12.2. The van der Waals surface area contributed by atoms with Gasteiger partial charge in [-0.05, 0) is 55.8 Å². The van der Waals surface area contributed by atoms with Crippen molar-refractivity contribution in [1.82, 2.24) is 4.72 Å². The minimum absolute atomic E-state index is 0.0525. The molecule has 2 aromatic rings. The summed E-state index contributed by atoms with van der Waals surface area (Å²) in [4.78, 5) is 23.9. The van der Waals surface area contributed by atoms with E-state index in [9.17, 15) is 18.0 Å². The third kappa shape index (κ3) is 6.20. The number of hydrogen-bond acceptors (Lipinski definition) is 5. The normalized spacial score (nSPS) is 12.3. The second-order valence-corrected chi connectivity index (χ2v) is 8.49. The highest BCUT2D eigenvalue weighted by atomic mass is 35.5. The Balaban J connectivity index is 1.89. The zero-order valence-electron chi connectivity index (χ0n) is 15.0. The predicted molar refractivity (Wildman–Crippen MR) is 107 cm³/mol. The van der Waals surface area contributed by atoms with Crippen molar-refractivity contribution >= 4 is 50.8 Å². The van der Waals surface area contributed by atoms with Crippen LogP contribution < -0.4 is 10.0 Å². The molecule has 28 heavy (non-hydrogen) atoms. The van der Waals surface area contributed by atoms with Gasteiger partial charge >= 0.3 is 5.97 Å². The van der Waals surface area contributed by atoms with Crippen LogP contribution >= 0.6 is 23.2 Å². The number of hydrogen-bond donors (Lipinski definition) is 2. The first-order valence-electron chi connectivity index (χ1n) is 8.09. The average molecular weight is 445 g/mol. The van der Waals surface area contributed by atoms with Gasteiger partial charge in [0.25, 0.3) is 5.91 Å². The van der Waals surface area contributed by atoms with Gasteiger partial charge in [0.2, 0.25) is 10.0 Å². The molecular weight excluding hydrogens is 427 g/mol. The molecule has 0 aromatic heterocycles. The lowest BCUT2D eigenvalue weighted by Crippen LogP contribution is -2.40. The average Bonchev–Trinajstić information content (AvgIpc) is 2.62. The zero-order chi connectivity index (χ0) is 20.9. The Bertz CT molecular complexity index is 978. The number of esters is 1. The van der Waals surface area contributed by atoms with E-state index in [1.165, 1.54) is 31.2 Å². The van der Waals surface area contributed by atoms with Gasteiger partial charge in [-0.25, -0.2) is 8.42 Å². The van der Waals surface area contributed by atoms with Crippen molar-refractivity contribution in [2.24, 2.45) is 0 Å². The molecule has 0 aliphatic rings. The quantitative estimate of drug-likeness (QED) is 0.638. The maximum absolute atomic E-state index is 12.2. The molecule has 1 atom stereocenters. The fourth-order valence-electron chi connectivity index (χ4n) is 2.13. The van der Waals surface area contributed by atoms with Crippen molar-refractivity contribution < 1.29 is 22.7 Å². The van der Waals surface area contributed by atoms with Gasteiger partial charge in [0.1, 0.15) is 6.04 Å². The molecule has 0 spiro atoms. The lowest BCUT2D eigenvalue weighted by molar-refractivity contribution is -0.148. The first-order valence-corrected chi connectivity index (χ1v) is 10.3. The fraction of sp³-hybridized carbons (Fsp3) is 0.222. The monoisotopic (exact) mass is 444 g/mol. The number of nitrogens with one attached hydrogen (secondary N) is 2. The van der Waals surface area contributed by atoms with E-state index in [4.69, 9.17) is 27.9 Å². The SMILES string of the molecule is Cc1ccc(NC(=O)COC(=O)C(C)NS(=O)(=O)c2ccc(Cl)cc2)c(Cl)c1. The largest absolute Gasteiger partial charge is 0.454 e. The number of carbonyl (C=O) groups is 2. The highest BCUT2D eigenvalue weighted by molar-refractivity contribution is 7.89. The van der Waals surface area contributed by atoms with Crippen molar-refractivity contribution in [3.05, 3.63) is 58.1 Å². The van der Waals surface area contributed by atoms with E-state index in [0.717, 1.165) is 5.56 Å². The Morgan fingerprint density at radius 3 is 2.36 bits per heavy atom. The van der Waals surface area contributed by atoms with Gasteiger partial charge in [-0.15, -0.1) is 0 Å². The Kier molecular flexibility index (Phi) is 7.42. The van der Waals surface area contributed by atoms with Crippen LogP contribution in [0.5, 0.6) is 0 Å². The van der Waals surface area contributed by atoms with Crippen molar-refractivity contribution in [3.63, 3.8) is 0 Å². The van der Waals surface area contributed by atoms with Crippen molar-refractivity contribution in [1.29, 1.82) is 0 Å². The first kappa shape index (κ1) is 22.2. The summed E-state index contributed by atoms with van der Waals surface area (Å²) < 4.78 is 31.5. The molecule has 0 bridgehead atoms.